The van der Waals surface area contributed by atoms with Gasteiger partial charge in [-0.05, 0) is 42.7 Å². The van der Waals surface area contributed by atoms with Crippen LogP contribution in [0.15, 0.2) is 24.3 Å². The van der Waals surface area contributed by atoms with Gasteiger partial charge in [-0.15, -0.1) is 11.3 Å². The summed E-state index contributed by atoms with van der Waals surface area (Å²) in [5.74, 6) is -0.321. The summed E-state index contributed by atoms with van der Waals surface area (Å²) in [6.45, 7) is 3.07. The number of hydrogen-bond donors (Lipinski definition) is 2. The molecule has 1 aliphatic rings. The van der Waals surface area contributed by atoms with Crippen LogP contribution >= 0.6 is 34.5 Å². The van der Waals surface area contributed by atoms with Crippen LogP contribution in [0.2, 0.25) is 10.0 Å². The van der Waals surface area contributed by atoms with E-state index >= 15 is 0 Å². The Balaban J connectivity index is 1.69. The number of thiophene rings is 1. The van der Waals surface area contributed by atoms with Crippen molar-refractivity contribution in [1.29, 1.82) is 0 Å². The van der Waals surface area contributed by atoms with E-state index in [0.29, 0.717) is 52.4 Å². The third-order valence-corrected chi connectivity index (χ3v) is 5.95. The third kappa shape index (κ3) is 4.60. The second-order valence-electron chi connectivity index (χ2n) is 6.11. The van der Waals surface area contributed by atoms with Crippen LogP contribution in [-0.2, 0) is 22.5 Å². The number of nitrogen functional groups attached to an aromatic ring is 1. The minimum absolute atomic E-state index is 0.321. The molecule has 0 spiro atoms. The van der Waals surface area contributed by atoms with Crippen molar-refractivity contribution in [2.45, 2.75) is 19.9 Å². The molecule has 0 saturated carbocycles. The van der Waals surface area contributed by atoms with Crippen LogP contribution in [0.25, 0.3) is 6.08 Å². The van der Waals surface area contributed by atoms with E-state index in [-0.39, 0.29) is 12.0 Å². The summed E-state index contributed by atoms with van der Waals surface area (Å²) in [6, 6.07) is 5.05. The Morgan fingerprint density at radius 1 is 1.39 bits per heavy atom. The Bertz CT molecular complexity index is 943. The van der Waals surface area contributed by atoms with Gasteiger partial charge in [0.25, 0.3) is 0 Å². The number of nitrogens with two attached hydrogens (primary N) is 1. The first-order valence-electron chi connectivity index (χ1n) is 8.64. The average molecular weight is 440 g/mol. The van der Waals surface area contributed by atoms with Crippen LogP contribution < -0.4 is 11.1 Å². The summed E-state index contributed by atoms with van der Waals surface area (Å²) < 4.78 is 5.05. The molecule has 148 valence electrons. The number of amides is 2. The van der Waals surface area contributed by atoms with E-state index in [1.54, 1.807) is 36.1 Å². The number of carbonyl (C=O) groups is 2. The van der Waals surface area contributed by atoms with E-state index in [2.05, 4.69) is 5.32 Å². The highest BCUT2D eigenvalue weighted by Gasteiger charge is 2.26. The molecule has 0 atom stereocenters. The van der Waals surface area contributed by atoms with E-state index in [4.69, 9.17) is 33.7 Å². The molecule has 0 bridgehead atoms. The Labute approximate surface area is 176 Å². The molecule has 2 amide bonds. The highest BCUT2D eigenvalue weighted by atomic mass is 35.5. The standard InChI is InChI=1S/C19H19Cl2N3O3S/c1-2-27-19(26)24-8-7-13-15(10-24)28-18(17(13)22)23-16(25)6-4-11-3-5-12(20)9-14(11)21/h3-6,9H,2,7-8,10,22H2,1H3,(H,23,25)/b6-4+. The molecule has 1 aromatic carbocycles. The minimum atomic E-state index is -0.339. The molecule has 0 aliphatic carbocycles. The van der Waals surface area contributed by atoms with Crippen molar-refractivity contribution < 1.29 is 14.3 Å². The zero-order valence-electron chi connectivity index (χ0n) is 15.1. The molecule has 3 N–H and O–H groups in total. The number of nitrogens with one attached hydrogen (secondary N) is 1. The average Bonchev–Trinajstić information content (AvgIpc) is 2.96. The van der Waals surface area contributed by atoms with Crippen molar-refractivity contribution in [3.63, 3.8) is 0 Å². The fraction of sp³-hybridized carbons (Fsp3) is 0.263. The molecule has 3 rings (SSSR count). The maximum absolute atomic E-state index is 12.3. The van der Waals surface area contributed by atoms with Crippen LogP contribution in [0.5, 0.6) is 0 Å². The van der Waals surface area contributed by atoms with Gasteiger partial charge in [-0.3, -0.25) is 4.79 Å². The quantitative estimate of drug-likeness (QED) is 0.669. The summed E-state index contributed by atoms with van der Waals surface area (Å²) in [5, 5.41) is 4.37. The second kappa shape index (κ2) is 8.86. The third-order valence-electron chi connectivity index (χ3n) is 4.24. The molecular weight excluding hydrogens is 421 g/mol. The highest BCUT2D eigenvalue weighted by molar-refractivity contribution is 7.17. The summed E-state index contributed by atoms with van der Waals surface area (Å²) in [7, 11) is 0. The molecule has 0 unspecified atom stereocenters. The predicted octanol–water partition coefficient (Wildman–Crippen LogP) is 4.80. The topological polar surface area (TPSA) is 84.7 Å². The van der Waals surface area contributed by atoms with Crippen molar-refractivity contribution in [3.05, 3.63) is 50.3 Å². The Hall–Kier alpha value is -2.22. The lowest BCUT2D eigenvalue weighted by Gasteiger charge is -2.26. The van der Waals surface area contributed by atoms with E-state index in [1.807, 2.05) is 0 Å². The molecular formula is C19H19Cl2N3O3S. The first-order valence-corrected chi connectivity index (χ1v) is 10.2. The molecule has 2 aromatic rings. The summed E-state index contributed by atoms with van der Waals surface area (Å²) in [6.07, 6.45) is 3.29. The molecule has 2 heterocycles. The van der Waals surface area contributed by atoms with Crippen LogP contribution in [0.3, 0.4) is 0 Å². The lowest BCUT2D eigenvalue weighted by Crippen LogP contribution is -2.35. The van der Waals surface area contributed by atoms with Gasteiger partial charge >= 0.3 is 6.09 Å². The monoisotopic (exact) mass is 439 g/mol. The lowest BCUT2D eigenvalue weighted by molar-refractivity contribution is -0.111. The molecule has 0 radical (unpaired) electrons. The van der Waals surface area contributed by atoms with Gasteiger partial charge in [0.15, 0.2) is 0 Å². The van der Waals surface area contributed by atoms with Gasteiger partial charge in [0.05, 0.1) is 18.8 Å². The zero-order chi connectivity index (χ0) is 20.3. The second-order valence-corrected chi connectivity index (χ2v) is 8.05. The molecule has 0 saturated heterocycles. The van der Waals surface area contributed by atoms with Crippen LogP contribution in [0, 0.1) is 0 Å². The number of nitrogens with zero attached hydrogens (tertiary/aromatic N) is 1. The number of ether oxygens (including phenoxy) is 1. The van der Waals surface area contributed by atoms with Crippen molar-refractivity contribution in [3.8, 4) is 0 Å². The predicted molar refractivity (Wildman–Crippen MR) is 114 cm³/mol. The van der Waals surface area contributed by atoms with E-state index in [9.17, 15) is 9.59 Å². The normalized spacial score (nSPS) is 13.5. The number of fused-ring (bicyclic) bond motifs is 1. The maximum atomic E-state index is 12.3. The van der Waals surface area contributed by atoms with Gasteiger partial charge in [-0.2, -0.15) is 0 Å². The smallest absolute Gasteiger partial charge is 0.410 e. The van der Waals surface area contributed by atoms with Crippen molar-refractivity contribution in [1.82, 2.24) is 4.90 Å². The number of rotatable bonds is 4. The summed E-state index contributed by atoms with van der Waals surface area (Å²) in [4.78, 5) is 26.8. The SMILES string of the molecule is CCOC(=O)N1CCc2c(sc(NC(=O)/C=C/c3ccc(Cl)cc3Cl)c2N)C1. The fourth-order valence-electron chi connectivity index (χ4n) is 2.85. The number of anilines is 2. The van der Waals surface area contributed by atoms with Gasteiger partial charge < -0.3 is 20.7 Å². The molecule has 28 heavy (non-hydrogen) atoms. The molecule has 1 aliphatic heterocycles. The Morgan fingerprint density at radius 2 is 2.18 bits per heavy atom. The zero-order valence-corrected chi connectivity index (χ0v) is 17.5. The van der Waals surface area contributed by atoms with Gasteiger partial charge in [0.1, 0.15) is 5.00 Å². The first-order chi connectivity index (χ1) is 13.4. The van der Waals surface area contributed by atoms with Crippen molar-refractivity contribution in [2.24, 2.45) is 0 Å². The molecule has 0 fully saturated rings. The fourth-order valence-corrected chi connectivity index (χ4v) is 4.51. The van der Waals surface area contributed by atoms with Crippen LogP contribution in [0.4, 0.5) is 15.5 Å². The van der Waals surface area contributed by atoms with E-state index < -0.39 is 0 Å². The van der Waals surface area contributed by atoms with Gasteiger partial charge in [-0.1, -0.05) is 29.3 Å². The van der Waals surface area contributed by atoms with Gasteiger partial charge in [0, 0.05) is 27.5 Å². The maximum Gasteiger partial charge on any atom is 0.410 e. The number of carbonyl (C=O) groups excluding carboxylic acids is 2. The van der Waals surface area contributed by atoms with Crippen molar-refractivity contribution in [2.75, 3.05) is 24.2 Å². The summed E-state index contributed by atoms with van der Waals surface area (Å²) >= 11 is 13.3. The molecule has 6 nitrogen and oxygen atoms in total. The summed E-state index contributed by atoms with van der Waals surface area (Å²) in [5.41, 5.74) is 8.41. The lowest BCUT2D eigenvalue weighted by atomic mass is 10.1. The first kappa shape index (κ1) is 20.5. The Kier molecular flexibility index (Phi) is 6.49. The number of benzene rings is 1. The van der Waals surface area contributed by atoms with Crippen molar-refractivity contribution >= 4 is 63.3 Å². The van der Waals surface area contributed by atoms with Crippen LogP contribution in [0.1, 0.15) is 22.9 Å². The number of halogens is 2. The van der Waals surface area contributed by atoms with Gasteiger partial charge in [-0.25, -0.2) is 4.79 Å². The largest absolute Gasteiger partial charge is 0.450 e. The van der Waals surface area contributed by atoms with Gasteiger partial charge in [0.2, 0.25) is 5.91 Å². The highest BCUT2D eigenvalue weighted by Crippen LogP contribution is 2.39. The Morgan fingerprint density at radius 3 is 2.89 bits per heavy atom. The van der Waals surface area contributed by atoms with E-state index in [1.165, 1.54) is 17.4 Å². The number of hydrogen-bond acceptors (Lipinski definition) is 5. The molecule has 9 heteroatoms. The van der Waals surface area contributed by atoms with Crippen LogP contribution in [-0.4, -0.2) is 30.1 Å². The minimum Gasteiger partial charge on any atom is -0.450 e. The van der Waals surface area contributed by atoms with E-state index in [0.717, 1.165) is 10.4 Å². The molecule has 1 aromatic heterocycles.